The fourth-order valence-electron chi connectivity index (χ4n) is 7.02. The van der Waals surface area contributed by atoms with Gasteiger partial charge in [-0.3, -0.25) is 9.59 Å². The zero-order valence-corrected chi connectivity index (χ0v) is 24.2. The zero-order chi connectivity index (χ0) is 26.7. The predicted molar refractivity (Wildman–Crippen MR) is 158 cm³/mol. The number of carbonyl (C=O) groups is 2. The average Bonchev–Trinajstić information content (AvgIpc) is 2.93. The fraction of sp³-hybridized carbons (Fsp3) is 0.706. The molecule has 38 heavy (non-hydrogen) atoms. The number of hydrogen-bond donors (Lipinski definition) is 2. The molecule has 210 valence electrons. The van der Waals surface area contributed by atoms with Crippen molar-refractivity contribution in [3.05, 3.63) is 46.8 Å². The number of carbonyl (C=O) groups excluding carboxylic acids is 2. The van der Waals surface area contributed by atoms with Gasteiger partial charge in [0.1, 0.15) is 0 Å². The Kier molecular flexibility index (Phi) is 11.3. The lowest BCUT2D eigenvalue weighted by molar-refractivity contribution is -0.114. The number of rotatable bonds is 14. The minimum absolute atomic E-state index is 0.0499. The maximum absolute atomic E-state index is 13.0. The molecular formula is C34H52N2O2. The molecule has 0 spiro atoms. The van der Waals surface area contributed by atoms with Gasteiger partial charge >= 0.3 is 0 Å². The lowest BCUT2D eigenvalue weighted by atomic mass is 9.81. The van der Waals surface area contributed by atoms with Gasteiger partial charge in [-0.05, 0) is 87.5 Å². The van der Waals surface area contributed by atoms with Gasteiger partial charge in [-0.2, -0.15) is 0 Å². The second-order valence-corrected chi connectivity index (χ2v) is 12.4. The normalized spacial score (nSPS) is 27.6. The predicted octanol–water partition coefficient (Wildman–Crippen LogP) is 8.01. The lowest BCUT2D eigenvalue weighted by Crippen LogP contribution is -2.37. The first-order valence-electron chi connectivity index (χ1n) is 16.1. The van der Waals surface area contributed by atoms with Gasteiger partial charge in [-0.1, -0.05) is 78.1 Å². The summed E-state index contributed by atoms with van der Waals surface area (Å²) in [6, 6.07) is 0.762. The van der Waals surface area contributed by atoms with Crippen LogP contribution >= 0.6 is 0 Å². The van der Waals surface area contributed by atoms with E-state index in [0.717, 1.165) is 48.9 Å². The monoisotopic (exact) mass is 520 g/mol. The Balaban J connectivity index is 1.34. The van der Waals surface area contributed by atoms with Crippen LogP contribution in [0.3, 0.4) is 0 Å². The summed E-state index contributed by atoms with van der Waals surface area (Å²) in [5.41, 5.74) is 2.84. The van der Waals surface area contributed by atoms with E-state index in [1.54, 1.807) is 12.2 Å². The standard InChI is InChI=1S/C34H52N2O2/c1-3-5-7-9-11-25-13-17-27(18-14-25)35-29-21-23-32(38)34-30(22-24-31(37)33(29)34)36-28-19-15-26(16-20-28)12-10-8-6-4-2/h21-28,35-36H,3-20H2,1-2H3/t25-,26-,27-,28-. The maximum Gasteiger partial charge on any atom is 0.188 e. The van der Waals surface area contributed by atoms with Crippen LogP contribution in [0.4, 0.5) is 0 Å². The van der Waals surface area contributed by atoms with Gasteiger partial charge < -0.3 is 10.6 Å². The van der Waals surface area contributed by atoms with Crippen LogP contribution in [0, 0.1) is 11.8 Å². The molecule has 2 saturated carbocycles. The van der Waals surface area contributed by atoms with E-state index < -0.39 is 0 Å². The summed E-state index contributed by atoms with van der Waals surface area (Å²) in [5.74, 6) is 1.60. The summed E-state index contributed by atoms with van der Waals surface area (Å²) < 4.78 is 0. The summed E-state index contributed by atoms with van der Waals surface area (Å²) in [5, 5.41) is 7.37. The van der Waals surface area contributed by atoms with E-state index >= 15 is 0 Å². The van der Waals surface area contributed by atoms with Crippen LogP contribution in [0.25, 0.3) is 0 Å². The number of ketones is 2. The van der Waals surface area contributed by atoms with Crippen LogP contribution in [-0.2, 0) is 9.59 Å². The Morgan fingerprint density at radius 1 is 0.553 bits per heavy atom. The fourth-order valence-corrected chi connectivity index (χ4v) is 7.02. The van der Waals surface area contributed by atoms with Gasteiger partial charge in [0, 0.05) is 23.5 Å². The van der Waals surface area contributed by atoms with Gasteiger partial charge in [0.05, 0.1) is 11.1 Å². The second-order valence-electron chi connectivity index (χ2n) is 12.4. The highest BCUT2D eigenvalue weighted by atomic mass is 16.1. The van der Waals surface area contributed by atoms with Crippen LogP contribution < -0.4 is 10.6 Å². The molecule has 0 saturated heterocycles. The molecule has 0 aliphatic heterocycles. The number of hydrogen-bond acceptors (Lipinski definition) is 4. The third kappa shape index (κ3) is 7.96. The van der Waals surface area contributed by atoms with Crippen LogP contribution in [0.15, 0.2) is 46.8 Å². The molecule has 0 bridgehead atoms. The third-order valence-corrected chi connectivity index (χ3v) is 9.43. The molecule has 0 atom stereocenters. The topological polar surface area (TPSA) is 58.2 Å². The first-order chi connectivity index (χ1) is 18.6. The summed E-state index contributed by atoms with van der Waals surface area (Å²) in [6.45, 7) is 4.54. The molecule has 0 heterocycles. The summed E-state index contributed by atoms with van der Waals surface area (Å²) in [7, 11) is 0. The Bertz CT molecular complexity index is 848. The molecule has 2 N–H and O–H groups in total. The number of nitrogens with one attached hydrogen (secondary N) is 2. The van der Waals surface area contributed by atoms with E-state index in [0.29, 0.717) is 23.2 Å². The van der Waals surface area contributed by atoms with Crippen LogP contribution in [0.1, 0.15) is 129 Å². The molecule has 0 unspecified atom stereocenters. The van der Waals surface area contributed by atoms with E-state index in [2.05, 4.69) is 24.5 Å². The first kappa shape index (κ1) is 28.9. The first-order valence-corrected chi connectivity index (χ1v) is 16.1. The number of fused-ring (bicyclic) bond motifs is 1. The van der Waals surface area contributed by atoms with E-state index in [4.69, 9.17) is 0 Å². The van der Waals surface area contributed by atoms with E-state index in [-0.39, 0.29) is 11.6 Å². The van der Waals surface area contributed by atoms with Crippen LogP contribution in [0.5, 0.6) is 0 Å². The molecule has 0 aromatic rings. The van der Waals surface area contributed by atoms with Crippen molar-refractivity contribution >= 4 is 11.6 Å². The molecule has 0 radical (unpaired) electrons. The molecule has 0 aromatic carbocycles. The van der Waals surface area contributed by atoms with Gasteiger partial charge in [0.15, 0.2) is 11.6 Å². The average molecular weight is 521 g/mol. The minimum atomic E-state index is -0.0499. The molecule has 0 amide bonds. The molecule has 4 heteroatoms. The largest absolute Gasteiger partial charge is 0.382 e. The highest BCUT2D eigenvalue weighted by molar-refractivity contribution is 6.23. The van der Waals surface area contributed by atoms with Crippen LogP contribution in [0.2, 0.25) is 0 Å². The van der Waals surface area contributed by atoms with Gasteiger partial charge in [0.25, 0.3) is 0 Å². The molecule has 0 aromatic heterocycles. The lowest BCUT2D eigenvalue weighted by Gasteiger charge is -2.33. The van der Waals surface area contributed by atoms with Crippen molar-refractivity contribution in [2.24, 2.45) is 11.8 Å². The zero-order valence-electron chi connectivity index (χ0n) is 24.2. The highest BCUT2D eigenvalue weighted by Crippen LogP contribution is 2.34. The van der Waals surface area contributed by atoms with Crippen molar-refractivity contribution in [3.63, 3.8) is 0 Å². The van der Waals surface area contributed by atoms with Crippen molar-refractivity contribution in [2.75, 3.05) is 0 Å². The van der Waals surface area contributed by atoms with Crippen molar-refractivity contribution in [3.8, 4) is 0 Å². The Hall–Kier alpha value is -2.10. The van der Waals surface area contributed by atoms with Gasteiger partial charge in [-0.25, -0.2) is 0 Å². The van der Waals surface area contributed by atoms with Gasteiger partial charge in [0.2, 0.25) is 0 Å². The SMILES string of the molecule is CCCCCC[C@H]1CC[C@H](NC2=C3C(=O)C=CC(N[C@H]4CC[C@H](CCCCCC)CC4)=C3C(=O)C=C2)CC1. The minimum Gasteiger partial charge on any atom is -0.382 e. The van der Waals surface area contributed by atoms with E-state index in [1.807, 2.05) is 12.2 Å². The quantitative estimate of drug-likeness (QED) is 0.228. The molecule has 4 nitrogen and oxygen atoms in total. The maximum atomic E-state index is 13.0. The number of allylic oxidation sites excluding steroid dienone is 6. The van der Waals surface area contributed by atoms with E-state index in [1.165, 1.54) is 89.9 Å². The summed E-state index contributed by atoms with van der Waals surface area (Å²) in [4.78, 5) is 26.1. The molecule has 4 aliphatic carbocycles. The third-order valence-electron chi connectivity index (χ3n) is 9.43. The van der Waals surface area contributed by atoms with Crippen molar-refractivity contribution in [1.82, 2.24) is 10.6 Å². The summed E-state index contributed by atoms with van der Waals surface area (Å²) in [6.07, 6.45) is 30.1. The van der Waals surface area contributed by atoms with Crippen molar-refractivity contribution < 1.29 is 9.59 Å². The van der Waals surface area contributed by atoms with Crippen molar-refractivity contribution in [2.45, 2.75) is 142 Å². The molecule has 2 fully saturated rings. The Morgan fingerprint density at radius 3 is 1.32 bits per heavy atom. The van der Waals surface area contributed by atoms with Crippen LogP contribution in [-0.4, -0.2) is 23.7 Å². The highest BCUT2D eigenvalue weighted by Gasteiger charge is 2.32. The Morgan fingerprint density at radius 2 is 0.947 bits per heavy atom. The Labute approximate surface area is 231 Å². The summed E-state index contributed by atoms with van der Waals surface area (Å²) >= 11 is 0. The smallest absolute Gasteiger partial charge is 0.188 e. The second kappa shape index (κ2) is 14.9. The number of unbranched alkanes of at least 4 members (excludes halogenated alkanes) is 6. The van der Waals surface area contributed by atoms with E-state index in [9.17, 15) is 9.59 Å². The molecule has 4 aliphatic rings. The molecular weight excluding hydrogens is 468 g/mol. The molecule has 4 rings (SSSR count). The van der Waals surface area contributed by atoms with Crippen molar-refractivity contribution in [1.29, 1.82) is 0 Å². The van der Waals surface area contributed by atoms with Gasteiger partial charge in [-0.15, -0.1) is 0 Å².